The van der Waals surface area contributed by atoms with Gasteiger partial charge < -0.3 is 24.9 Å². The average molecular weight is 423 g/mol. The van der Waals surface area contributed by atoms with Crippen molar-refractivity contribution in [2.75, 3.05) is 18.6 Å². The summed E-state index contributed by atoms with van der Waals surface area (Å²) in [5.74, 6) is -0.980. The quantitative estimate of drug-likeness (QED) is 0.663. The fraction of sp³-hybridized carbons (Fsp3) is 0.227. The molecular formula is C22H21N3O6. The van der Waals surface area contributed by atoms with Crippen molar-refractivity contribution in [3.05, 3.63) is 71.5 Å². The number of fused-ring (bicyclic) bond motifs is 1. The Balaban J connectivity index is 1.43. The molecule has 2 aliphatic rings. The van der Waals surface area contributed by atoms with Gasteiger partial charge in [-0.1, -0.05) is 30.3 Å². The minimum atomic E-state index is -1.11. The molecule has 0 aromatic heterocycles. The highest BCUT2D eigenvalue weighted by molar-refractivity contribution is 6.02. The molecular weight excluding hydrogens is 402 g/mol. The molecule has 0 saturated carbocycles. The van der Waals surface area contributed by atoms with E-state index in [-0.39, 0.29) is 12.2 Å². The van der Waals surface area contributed by atoms with Crippen LogP contribution < -0.4 is 20.4 Å². The summed E-state index contributed by atoms with van der Waals surface area (Å²) >= 11 is 0. The Bertz CT molecular complexity index is 1050. The van der Waals surface area contributed by atoms with Gasteiger partial charge in [0.25, 0.3) is 5.91 Å². The molecule has 0 aliphatic carbocycles. The number of nitrogens with zero attached hydrogens (tertiary/aromatic N) is 1. The van der Waals surface area contributed by atoms with E-state index in [2.05, 4.69) is 10.8 Å². The van der Waals surface area contributed by atoms with Crippen LogP contribution >= 0.6 is 0 Å². The molecule has 9 heteroatoms. The first-order chi connectivity index (χ1) is 14.9. The molecule has 0 saturated heterocycles. The highest BCUT2D eigenvalue weighted by atomic mass is 16.7. The van der Waals surface area contributed by atoms with Gasteiger partial charge in [0.15, 0.2) is 0 Å². The number of benzene rings is 2. The molecule has 2 aromatic carbocycles. The van der Waals surface area contributed by atoms with Crippen molar-refractivity contribution in [1.29, 1.82) is 0 Å². The standard InChI is InChI=1S/C22H21N3O6/c1-25-18-10-14(22(28)29)7-8-19(18)30-12-17(21(25)27)23-20(26)16-11-15(31-24-16)9-13-5-3-2-4-6-13/h2-8,10-11,16-17,24H,9,12H2,1H3,(H,23,26)(H,28,29)/t16?,17-/m0/s1. The smallest absolute Gasteiger partial charge is 0.335 e. The fourth-order valence-corrected chi connectivity index (χ4v) is 3.41. The predicted molar refractivity (Wildman–Crippen MR) is 110 cm³/mol. The van der Waals surface area contributed by atoms with E-state index in [4.69, 9.17) is 9.57 Å². The van der Waals surface area contributed by atoms with Crippen molar-refractivity contribution >= 4 is 23.5 Å². The zero-order valence-corrected chi connectivity index (χ0v) is 16.7. The van der Waals surface area contributed by atoms with Crippen molar-refractivity contribution in [3.63, 3.8) is 0 Å². The fourth-order valence-electron chi connectivity index (χ4n) is 3.41. The minimum absolute atomic E-state index is 0.0351. The van der Waals surface area contributed by atoms with Crippen molar-refractivity contribution in [2.45, 2.75) is 18.5 Å². The Kier molecular flexibility index (Phi) is 5.59. The number of allylic oxidation sites excluding steroid dienone is 1. The van der Waals surface area contributed by atoms with E-state index in [0.29, 0.717) is 23.6 Å². The lowest BCUT2D eigenvalue weighted by Gasteiger charge is -2.21. The van der Waals surface area contributed by atoms with Crippen LogP contribution in [-0.2, 0) is 20.8 Å². The van der Waals surface area contributed by atoms with Gasteiger partial charge >= 0.3 is 5.97 Å². The van der Waals surface area contributed by atoms with Gasteiger partial charge in [-0.05, 0) is 29.8 Å². The number of anilines is 1. The Morgan fingerprint density at radius 3 is 2.74 bits per heavy atom. The summed E-state index contributed by atoms with van der Waals surface area (Å²) in [6.07, 6.45) is 2.20. The van der Waals surface area contributed by atoms with Gasteiger partial charge in [-0.2, -0.15) is 0 Å². The molecule has 0 radical (unpaired) electrons. The van der Waals surface area contributed by atoms with E-state index in [1.165, 1.54) is 30.1 Å². The molecule has 31 heavy (non-hydrogen) atoms. The van der Waals surface area contributed by atoms with Crippen LogP contribution in [-0.4, -0.2) is 48.6 Å². The highest BCUT2D eigenvalue weighted by Crippen LogP contribution is 2.31. The number of carbonyl (C=O) groups excluding carboxylic acids is 2. The third-order valence-electron chi connectivity index (χ3n) is 5.09. The highest BCUT2D eigenvalue weighted by Gasteiger charge is 2.33. The maximum atomic E-state index is 12.9. The molecule has 0 bridgehead atoms. The molecule has 160 valence electrons. The van der Waals surface area contributed by atoms with Crippen molar-refractivity contribution in [1.82, 2.24) is 10.8 Å². The van der Waals surface area contributed by atoms with Gasteiger partial charge in [0, 0.05) is 13.5 Å². The third-order valence-corrected chi connectivity index (χ3v) is 5.09. The summed E-state index contributed by atoms with van der Waals surface area (Å²) in [4.78, 5) is 43.5. The van der Waals surface area contributed by atoms with Gasteiger partial charge in [0.05, 0.1) is 11.3 Å². The minimum Gasteiger partial charge on any atom is -0.489 e. The van der Waals surface area contributed by atoms with Crippen molar-refractivity contribution in [3.8, 4) is 5.75 Å². The van der Waals surface area contributed by atoms with Crippen LogP contribution in [0.2, 0.25) is 0 Å². The molecule has 1 unspecified atom stereocenters. The largest absolute Gasteiger partial charge is 0.489 e. The summed E-state index contributed by atoms with van der Waals surface area (Å²) in [5, 5.41) is 11.9. The molecule has 3 N–H and O–H groups in total. The van der Waals surface area contributed by atoms with Gasteiger partial charge in [-0.15, -0.1) is 5.48 Å². The number of carboxylic acids is 1. The maximum absolute atomic E-state index is 12.9. The van der Waals surface area contributed by atoms with E-state index in [0.717, 1.165) is 5.56 Å². The molecule has 2 heterocycles. The van der Waals surface area contributed by atoms with Crippen LogP contribution in [0.4, 0.5) is 5.69 Å². The topological polar surface area (TPSA) is 117 Å². The van der Waals surface area contributed by atoms with E-state index in [1.54, 1.807) is 6.08 Å². The number of hydrogen-bond donors (Lipinski definition) is 3. The molecule has 4 rings (SSSR count). The first-order valence-electron chi connectivity index (χ1n) is 9.67. The number of likely N-dealkylation sites (N-methyl/N-ethyl adjacent to an activating group) is 1. The number of nitrogens with one attached hydrogen (secondary N) is 2. The number of hydrogen-bond acceptors (Lipinski definition) is 6. The van der Waals surface area contributed by atoms with Crippen LogP contribution in [0.25, 0.3) is 0 Å². The van der Waals surface area contributed by atoms with E-state index in [1.807, 2.05) is 30.3 Å². The molecule has 2 aromatic rings. The first-order valence-corrected chi connectivity index (χ1v) is 9.67. The molecule has 2 amide bonds. The zero-order valence-electron chi connectivity index (χ0n) is 16.7. The number of carboxylic acid groups (broad SMARTS) is 1. The lowest BCUT2D eigenvalue weighted by Crippen LogP contribution is -2.53. The maximum Gasteiger partial charge on any atom is 0.335 e. The van der Waals surface area contributed by atoms with E-state index < -0.39 is 29.9 Å². The summed E-state index contributed by atoms with van der Waals surface area (Å²) in [7, 11) is 1.51. The van der Waals surface area contributed by atoms with Crippen LogP contribution in [0.3, 0.4) is 0 Å². The van der Waals surface area contributed by atoms with Crippen molar-refractivity contribution in [2.24, 2.45) is 0 Å². The lowest BCUT2D eigenvalue weighted by atomic mass is 10.1. The Labute approximate surface area is 178 Å². The monoisotopic (exact) mass is 423 g/mol. The second-order valence-electron chi connectivity index (χ2n) is 7.25. The lowest BCUT2D eigenvalue weighted by molar-refractivity contribution is -0.129. The summed E-state index contributed by atoms with van der Waals surface area (Å²) in [6, 6.07) is 12.3. The van der Waals surface area contributed by atoms with E-state index >= 15 is 0 Å². The van der Waals surface area contributed by atoms with Crippen molar-refractivity contribution < 1.29 is 29.1 Å². The van der Waals surface area contributed by atoms with Gasteiger partial charge in [0.2, 0.25) is 5.91 Å². The number of ether oxygens (including phenoxy) is 1. The predicted octanol–water partition coefficient (Wildman–Crippen LogP) is 1.25. The van der Waals surface area contributed by atoms with Crippen LogP contribution in [0.15, 0.2) is 60.4 Å². The number of rotatable bonds is 5. The average Bonchev–Trinajstić information content (AvgIpc) is 3.20. The summed E-state index contributed by atoms with van der Waals surface area (Å²) in [6.45, 7) is -0.0809. The molecule has 9 nitrogen and oxygen atoms in total. The number of aromatic carboxylic acids is 1. The third kappa shape index (κ3) is 4.36. The second kappa shape index (κ2) is 8.49. The normalized spacial score (nSPS) is 20.1. The Hall–Kier alpha value is -3.85. The Morgan fingerprint density at radius 1 is 1.23 bits per heavy atom. The van der Waals surface area contributed by atoms with Crippen LogP contribution in [0, 0.1) is 0 Å². The summed E-state index contributed by atoms with van der Waals surface area (Å²) in [5.41, 5.74) is 4.07. The Morgan fingerprint density at radius 2 is 2.00 bits per heavy atom. The van der Waals surface area contributed by atoms with E-state index in [9.17, 15) is 19.5 Å². The van der Waals surface area contributed by atoms with Crippen LogP contribution in [0.5, 0.6) is 5.75 Å². The molecule has 2 atom stereocenters. The zero-order chi connectivity index (χ0) is 22.0. The van der Waals surface area contributed by atoms with Crippen LogP contribution in [0.1, 0.15) is 15.9 Å². The molecule has 0 spiro atoms. The summed E-state index contributed by atoms with van der Waals surface area (Å²) < 4.78 is 5.66. The molecule has 2 aliphatic heterocycles. The SMILES string of the molecule is CN1C(=O)[C@@H](NC(=O)C2C=C(Cc3ccccc3)ON2)COc2ccc(C(=O)O)cc21. The second-order valence-corrected chi connectivity index (χ2v) is 7.25. The van der Waals surface area contributed by atoms with Gasteiger partial charge in [-0.3, -0.25) is 9.59 Å². The number of amides is 2. The van der Waals surface area contributed by atoms with Gasteiger partial charge in [0.1, 0.15) is 30.2 Å². The molecule has 0 fully saturated rings. The first kappa shape index (κ1) is 20.4. The number of carbonyl (C=O) groups is 3. The number of hydroxylamine groups is 1. The van der Waals surface area contributed by atoms with Gasteiger partial charge in [-0.25, -0.2) is 4.79 Å².